The van der Waals surface area contributed by atoms with Gasteiger partial charge in [-0.15, -0.1) is 0 Å². The quantitative estimate of drug-likeness (QED) is 0.340. The molecule has 8 heteroatoms. The van der Waals surface area contributed by atoms with E-state index in [1.54, 1.807) is 0 Å². The van der Waals surface area contributed by atoms with Gasteiger partial charge in [0.15, 0.2) is 0 Å². The van der Waals surface area contributed by atoms with Crippen molar-refractivity contribution in [2.24, 2.45) is 11.8 Å². The number of nitrogens with one attached hydrogen (secondary N) is 1. The highest BCUT2D eigenvalue weighted by molar-refractivity contribution is 5.69. The van der Waals surface area contributed by atoms with Crippen LogP contribution in [0.15, 0.2) is 0 Å². The molecule has 0 saturated carbocycles. The van der Waals surface area contributed by atoms with Gasteiger partial charge in [0.2, 0.25) is 0 Å². The molecule has 2 aliphatic rings. The van der Waals surface area contributed by atoms with E-state index in [9.17, 15) is 9.59 Å². The average molecular weight is 425 g/mol. The molecule has 0 spiro atoms. The molecule has 0 radical (unpaired) electrons. The summed E-state index contributed by atoms with van der Waals surface area (Å²) in [4.78, 5) is 21.1. The number of hydrogen-bond donors (Lipinski definition) is 4. The number of nitrogens with two attached hydrogens (primary N) is 1. The molecule has 28 heavy (non-hydrogen) atoms. The fourth-order valence-electron chi connectivity index (χ4n) is 3.63. The van der Waals surface area contributed by atoms with Crippen molar-refractivity contribution in [2.75, 3.05) is 40.4 Å². The van der Waals surface area contributed by atoms with E-state index in [4.69, 9.17) is 10.2 Å². The lowest BCUT2D eigenvalue weighted by atomic mass is 9.92. The summed E-state index contributed by atoms with van der Waals surface area (Å²) in [6.07, 6.45) is 10.1. The largest absolute Gasteiger partial charge is 1.00 e. The second kappa shape index (κ2) is 20.8. The Hall–Kier alpha value is -0.890. The lowest BCUT2D eigenvalue weighted by molar-refractivity contribution is -0.664. The van der Waals surface area contributed by atoms with Crippen molar-refractivity contribution in [3.8, 4) is 0 Å². The van der Waals surface area contributed by atoms with E-state index >= 15 is 0 Å². The monoisotopic (exact) mass is 424 g/mol. The molecule has 0 amide bonds. The second-order valence-corrected chi connectivity index (χ2v) is 7.26. The smallest absolute Gasteiger partial charge is 0.305 e. The van der Waals surface area contributed by atoms with Crippen molar-refractivity contribution in [1.29, 1.82) is 0 Å². The van der Waals surface area contributed by atoms with Crippen LogP contribution in [0.25, 0.3) is 0 Å². The zero-order valence-electron chi connectivity index (χ0n) is 17.6. The van der Waals surface area contributed by atoms with E-state index in [1.807, 2.05) is 0 Å². The first-order chi connectivity index (χ1) is 13.1. The fourth-order valence-corrected chi connectivity index (χ4v) is 3.63. The van der Waals surface area contributed by atoms with Crippen LogP contribution in [0.5, 0.6) is 0 Å². The SMILES string of the molecule is CO.COC(=O)CCCC1CC[NH2+]CC1.O=C(O)CCCC1CCNCC1.[Cl-]. The maximum Gasteiger partial charge on any atom is 0.305 e. The Bertz CT molecular complexity index is 374. The third-order valence-corrected chi connectivity index (χ3v) is 5.24. The third kappa shape index (κ3) is 17.2. The fraction of sp³-hybridized carbons (Fsp3) is 0.900. The molecular weight excluding hydrogens is 384 g/mol. The third-order valence-electron chi connectivity index (χ3n) is 5.24. The first kappa shape index (κ1) is 29.3. The Morgan fingerprint density at radius 2 is 1.46 bits per heavy atom. The molecule has 5 N–H and O–H groups in total. The Balaban J connectivity index is 0. The molecule has 2 fully saturated rings. The van der Waals surface area contributed by atoms with Crippen molar-refractivity contribution in [2.45, 2.75) is 64.2 Å². The number of hydrogen-bond acceptors (Lipinski definition) is 5. The molecule has 168 valence electrons. The summed E-state index contributed by atoms with van der Waals surface area (Å²) in [6.45, 7) is 4.75. The van der Waals surface area contributed by atoms with Crippen molar-refractivity contribution < 1.29 is 42.3 Å². The molecule has 0 aromatic heterocycles. The number of quaternary nitrogens is 1. The number of aliphatic carboxylic acids is 1. The number of rotatable bonds is 8. The lowest BCUT2D eigenvalue weighted by Crippen LogP contribution is -3.00. The summed E-state index contributed by atoms with van der Waals surface area (Å²) in [5.74, 6) is 0.895. The maximum atomic E-state index is 10.8. The summed E-state index contributed by atoms with van der Waals surface area (Å²) in [6, 6.07) is 0. The van der Waals surface area contributed by atoms with Crippen LogP contribution in [0.3, 0.4) is 0 Å². The van der Waals surface area contributed by atoms with Gasteiger partial charge in [-0.2, -0.15) is 0 Å². The summed E-state index contributed by atoms with van der Waals surface area (Å²) in [5.41, 5.74) is 0. The number of carbonyl (C=O) groups is 2. The predicted octanol–water partition coefficient (Wildman–Crippen LogP) is -1.84. The predicted molar refractivity (Wildman–Crippen MR) is 105 cm³/mol. The van der Waals surface area contributed by atoms with Crippen LogP contribution >= 0.6 is 0 Å². The van der Waals surface area contributed by atoms with Gasteiger partial charge < -0.3 is 38.0 Å². The normalized spacial score (nSPS) is 17.1. The van der Waals surface area contributed by atoms with Crippen LogP contribution in [0.1, 0.15) is 64.2 Å². The standard InChI is InChI=1S/C10H19NO2.C9H17NO2.CH4O.ClH/c1-13-10(12)4-2-3-9-5-7-11-8-6-9;11-9(12)3-1-2-8-4-6-10-7-5-8;1-2;/h9,11H,2-8H2,1H3;8,10H,1-7H2,(H,11,12);2H,1H3;1H. The molecule has 0 aliphatic carbocycles. The molecule has 0 aromatic carbocycles. The van der Waals surface area contributed by atoms with E-state index < -0.39 is 5.97 Å². The van der Waals surface area contributed by atoms with Gasteiger partial charge in [-0.05, 0) is 76.3 Å². The number of carbonyl (C=O) groups excluding carboxylic acids is 1. The summed E-state index contributed by atoms with van der Waals surface area (Å²) >= 11 is 0. The molecule has 7 nitrogen and oxygen atoms in total. The number of ether oxygens (including phenoxy) is 1. The molecule has 2 heterocycles. The summed E-state index contributed by atoms with van der Waals surface area (Å²) in [5, 5.41) is 21.1. The second-order valence-electron chi connectivity index (χ2n) is 7.26. The van der Waals surface area contributed by atoms with E-state index in [1.165, 1.54) is 52.3 Å². The van der Waals surface area contributed by atoms with Gasteiger partial charge in [0.05, 0.1) is 20.2 Å². The van der Waals surface area contributed by atoms with E-state index in [-0.39, 0.29) is 18.4 Å². The minimum atomic E-state index is -0.663. The van der Waals surface area contributed by atoms with Crippen LogP contribution in [-0.4, -0.2) is 62.6 Å². The van der Waals surface area contributed by atoms with E-state index in [0.29, 0.717) is 12.8 Å². The van der Waals surface area contributed by atoms with Crippen molar-refractivity contribution in [3.63, 3.8) is 0 Å². The van der Waals surface area contributed by atoms with Crippen LogP contribution in [0.4, 0.5) is 0 Å². The van der Waals surface area contributed by atoms with Gasteiger partial charge in [-0.3, -0.25) is 9.59 Å². The highest BCUT2D eigenvalue weighted by Gasteiger charge is 2.15. The van der Waals surface area contributed by atoms with Gasteiger partial charge in [-0.1, -0.05) is 0 Å². The molecule has 0 aromatic rings. The zero-order valence-corrected chi connectivity index (χ0v) is 18.4. The topological polar surface area (TPSA) is 112 Å². The van der Waals surface area contributed by atoms with Gasteiger partial charge in [0.25, 0.3) is 0 Å². The van der Waals surface area contributed by atoms with Gasteiger partial charge in [-0.25, -0.2) is 0 Å². The lowest BCUT2D eigenvalue weighted by Gasteiger charge is -2.21. The number of carboxylic acids is 1. The molecule has 0 atom stereocenters. The van der Waals surface area contributed by atoms with Crippen LogP contribution in [0.2, 0.25) is 0 Å². The van der Waals surface area contributed by atoms with Gasteiger partial charge in [0.1, 0.15) is 0 Å². The number of aliphatic hydroxyl groups is 1. The first-order valence-corrected chi connectivity index (χ1v) is 10.4. The van der Waals surface area contributed by atoms with Crippen LogP contribution in [-0.2, 0) is 14.3 Å². The molecule has 2 aliphatic heterocycles. The van der Waals surface area contributed by atoms with E-state index in [2.05, 4.69) is 15.4 Å². The number of carboxylic acid groups (broad SMARTS) is 1. The van der Waals surface area contributed by atoms with Crippen molar-refractivity contribution >= 4 is 11.9 Å². The highest BCUT2D eigenvalue weighted by Crippen LogP contribution is 2.18. The Morgan fingerprint density at radius 3 is 1.96 bits per heavy atom. The molecule has 0 bridgehead atoms. The first-order valence-electron chi connectivity index (χ1n) is 10.4. The Morgan fingerprint density at radius 1 is 0.964 bits per heavy atom. The summed E-state index contributed by atoms with van der Waals surface area (Å²) < 4.78 is 4.59. The minimum Gasteiger partial charge on any atom is -1.00 e. The zero-order chi connectivity index (χ0) is 20.3. The van der Waals surface area contributed by atoms with E-state index in [0.717, 1.165) is 51.3 Å². The Kier molecular flexibility index (Phi) is 21.8. The number of piperidine rings is 2. The Labute approximate surface area is 176 Å². The molecule has 0 unspecified atom stereocenters. The van der Waals surface area contributed by atoms with Crippen molar-refractivity contribution in [3.05, 3.63) is 0 Å². The van der Waals surface area contributed by atoms with Crippen LogP contribution in [0, 0.1) is 11.8 Å². The molecular formula is C20H41ClN2O5. The highest BCUT2D eigenvalue weighted by atomic mass is 35.5. The average Bonchev–Trinajstić information content (AvgIpc) is 2.71. The minimum absolute atomic E-state index is 0. The van der Waals surface area contributed by atoms with Gasteiger partial charge in [0, 0.05) is 20.0 Å². The molecule has 2 rings (SSSR count). The molecule has 2 saturated heterocycles. The number of aliphatic hydroxyl groups excluding tert-OH is 1. The van der Waals surface area contributed by atoms with Crippen LogP contribution < -0.4 is 23.0 Å². The number of methoxy groups -OCH3 is 1. The number of esters is 1. The van der Waals surface area contributed by atoms with Gasteiger partial charge >= 0.3 is 11.9 Å². The van der Waals surface area contributed by atoms with Crippen molar-refractivity contribution in [1.82, 2.24) is 5.32 Å². The summed E-state index contributed by atoms with van der Waals surface area (Å²) in [7, 11) is 2.46. The number of halogens is 1. The maximum absolute atomic E-state index is 10.8.